The molecule has 2 unspecified atom stereocenters. The van der Waals surface area contributed by atoms with E-state index in [1.54, 1.807) is 6.07 Å². The molecule has 0 saturated carbocycles. The molecule has 1 aromatic rings. The van der Waals surface area contributed by atoms with Gasteiger partial charge < -0.3 is 9.47 Å². The van der Waals surface area contributed by atoms with E-state index in [9.17, 15) is 14.4 Å². The van der Waals surface area contributed by atoms with Gasteiger partial charge in [0.2, 0.25) is 11.8 Å². The van der Waals surface area contributed by atoms with Crippen molar-refractivity contribution in [1.82, 2.24) is 5.32 Å². The molecule has 1 fully saturated rings. The molecule has 1 saturated heterocycles. The van der Waals surface area contributed by atoms with Crippen molar-refractivity contribution in [3.8, 4) is 11.5 Å². The lowest BCUT2D eigenvalue weighted by molar-refractivity contribution is -0.137. The number of amides is 2. The second-order valence-corrected chi connectivity index (χ2v) is 7.27. The minimum atomic E-state index is -0.479. The molecule has 6 nitrogen and oxygen atoms in total. The second kappa shape index (κ2) is 5.92. The summed E-state index contributed by atoms with van der Waals surface area (Å²) < 4.78 is 11.1. The topological polar surface area (TPSA) is 81.7 Å². The molecule has 1 N–H and O–H groups in total. The maximum Gasteiger partial charge on any atom is 0.318 e. The molecule has 2 aliphatic heterocycles. The van der Waals surface area contributed by atoms with E-state index in [0.29, 0.717) is 30.8 Å². The molecule has 0 radical (unpaired) electrons. The first-order valence-corrected chi connectivity index (χ1v) is 8.11. The number of hydrogen-bond acceptors (Lipinski definition) is 5. The van der Waals surface area contributed by atoms with Gasteiger partial charge in [0.15, 0.2) is 0 Å². The van der Waals surface area contributed by atoms with Crippen molar-refractivity contribution in [3.63, 3.8) is 0 Å². The predicted molar refractivity (Wildman–Crippen MR) is 85.7 cm³/mol. The number of rotatable bonds is 3. The first-order chi connectivity index (χ1) is 11.2. The summed E-state index contributed by atoms with van der Waals surface area (Å²) in [5, 5.41) is 2.33. The average Bonchev–Trinajstić information content (AvgIpc) is 2.75. The quantitative estimate of drug-likeness (QED) is 0.522. The van der Waals surface area contributed by atoms with E-state index >= 15 is 0 Å². The fourth-order valence-electron chi connectivity index (χ4n) is 3.09. The van der Waals surface area contributed by atoms with E-state index < -0.39 is 5.92 Å². The third kappa shape index (κ3) is 3.42. The molecule has 3 rings (SSSR count). The van der Waals surface area contributed by atoms with E-state index in [1.165, 1.54) is 0 Å². The molecule has 6 heteroatoms. The van der Waals surface area contributed by atoms with Crippen LogP contribution in [-0.4, -0.2) is 23.4 Å². The van der Waals surface area contributed by atoms with Crippen molar-refractivity contribution in [3.05, 3.63) is 23.8 Å². The van der Waals surface area contributed by atoms with Crippen LogP contribution in [0.2, 0.25) is 0 Å². The molecule has 0 bridgehead atoms. The third-order valence-electron chi connectivity index (χ3n) is 4.15. The zero-order chi connectivity index (χ0) is 17.5. The summed E-state index contributed by atoms with van der Waals surface area (Å²) in [5.74, 6) is -0.628. The fraction of sp³-hybridized carbons (Fsp3) is 0.500. The molecular formula is C18H21NO5. The van der Waals surface area contributed by atoms with Crippen LogP contribution in [0.1, 0.15) is 51.5 Å². The lowest BCUT2D eigenvalue weighted by atomic mass is 9.85. The number of nitrogens with one attached hydrogen (secondary N) is 1. The first-order valence-electron chi connectivity index (χ1n) is 8.11. The number of ether oxygens (including phenoxy) is 2. The van der Waals surface area contributed by atoms with Crippen LogP contribution in [0.5, 0.6) is 11.5 Å². The third-order valence-corrected chi connectivity index (χ3v) is 4.15. The largest absolute Gasteiger partial charge is 0.488 e. The summed E-state index contributed by atoms with van der Waals surface area (Å²) in [6.07, 6.45) is 1.13. The van der Waals surface area contributed by atoms with Crippen molar-refractivity contribution in [2.75, 3.05) is 0 Å². The Bertz CT molecular complexity index is 704. The van der Waals surface area contributed by atoms with Gasteiger partial charge in [0, 0.05) is 24.0 Å². The fourth-order valence-corrected chi connectivity index (χ4v) is 3.09. The normalized spacial score (nSPS) is 23.5. The van der Waals surface area contributed by atoms with Gasteiger partial charge >= 0.3 is 5.97 Å². The van der Waals surface area contributed by atoms with Gasteiger partial charge in [-0.3, -0.25) is 19.7 Å². The van der Waals surface area contributed by atoms with Gasteiger partial charge in [0.1, 0.15) is 17.1 Å². The van der Waals surface area contributed by atoms with Gasteiger partial charge in [0.05, 0.1) is 5.92 Å². The van der Waals surface area contributed by atoms with Crippen molar-refractivity contribution < 1.29 is 23.9 Å². The van der Waals surface area contributed by atoms with E-state index in [2.05, 4.69) is 5.32 Å². The van der Waals surface area contributed by atoms with Crippen LogP contribution >= 0.6 is 0 Å². The van der Waals surface area contributed by atoms with Gasteiger partial charge in [0.25, 0.3) is 0 Å². The van der Waals surface area contributed by atoms with E-state index in [0.717, 1.165) is 5.56 Å². The van der Waals surface area contributed by atoms with Crippen LogP contribution in [-0.2, 0) is 14.4 Å². The second-order valence-electron chi connectivity index (χ2n) is 7.27. The number of benzene rings is 1. The number of carbonyl (C=O) groups excluding carboxylic acids is 3. The zero-order valence-electron chi connectivity index (χ0n) is 14.0. The predicted octanol–water partition coefficient (Wildman–Crippen LogP) is 2.31. The van der Waals surface area contributed by atoms with Crippen LogP contribution in [0.4, 0.5) is 0 Å². The Morgan fingerprint density at radius 1 is 1.25 bits per heavy atom. The summed E-state index contributed by atoms with van der Waals surface area (Å²) in [4.78, 5) is 35.4. The lowest BCUT2D eigenvalue weighted by Gasteiger charge is -2.22. The van der Waals surface area contributed by atoms with Crippen molar-refractivity contribution in [2.24, 2.45) is 5.92 Å². The summed E-state index contributed by atoms with van der Waals surface area (Å²) >= 11 is 0. The van der Waals surface area contributed by atoms with Crippen molar-refractivity contribution in [2.45, 2.75) is 51.6 Å². The number of fused-ring (bicyclic) bond motifs is 1. The molecule has 0 aliphatic carbocycles. The van der Waals surface area contributed by atoms with Gasteiger partial charge in [-0.25, -0.2) is 0 Å². The SMILES string of the molecule is CC(C)(C)Oc1ccc2c(c1)OC(=O)C2CC1CCC(=O)NC1=O. The Labute approximate surface area is 140 Å². The Balaban J connectivity index is 1.77. The molecule has 2 heterocycles. The van der Waals surface area contributed by atoms with Crippen LogP contribution in [0.25, 0.3) is 0 Å². The van der Waals surface area contributed by atoms with E-state index in [-0.39, 0.29) is 29.3 Å². The highest BCUT2D eigenvalue weighted by Crippen LogP contribution is 2.41. The van der Waals surface area contributed by atoms with Gasteiger partial charge in [-0.05, 0) is 39.7 Å². The molecule has 1 aromatic carbocycles. The highest BCUT2D eigenvalue weighted by Gasteiger charge is 2.38. The Kier molecular flexibility index (Phi) is 4.07. The molecule has 2 atom stereocenters. The molecular weight excluding hydrogens is 310 g/mol. The Hall–Kier alpha value is -2.37. The molecule has 128 valence electrons. The van der Waals surface area contributed by atoms with Gasteiger partial charge in [-0.1, -0.05) is 6.07 Å². The molecule has 24 heavy (non-hydrogen) atoms. The minimum absolute atomic E-state index is 0.255. The van der Waals surface area contributed by atoms with E-state index in [1.807, 2.05) is 32.9 Å². The van der Waals surface area contributed by atoms with Crippen molar-refractivity contribution in [1.29, 1.82) is 0 Å². The first kappa shape index (κ1) is 16.5. The van der Waals surface area contributed by atoms with Crippen LogP contribution in [0.3, 0.4) is 0 Å². The highest BCUT2D eigenvalue weighted by molar-refractivity contribution is 5.99. The highest BCUT2D eigenvalue weighted by atomic mass is 16.5. The Morgan fingerprint density at radius 3 is 2.67 bits per heavy atom. The molecule has 0 spiro atoms. The maximum atomic E-state index is 12.2. The number of piperidine rings is 1. The monoisotopic (exact) mass is 331 g/mol. The van der Waals surface area contributed by atoms with Crippen molar-refractivity contribution >= 4 is 17.8 Å². The number of imide groups is 1. The van der Waals surface area contributed by atoms with Crippen LogP contribution < -0.4 is 14.8 Å². The maximum absolute atomic E-state index is 12.2. The standard InChI is InChI=1S/C18H21NO5/c1-18(2,3)24-11-5-6-12-13(17(22)23-14(12)9-11)8-10-4-7-15(20)19-16(10)21/h5-6,9-10,13H,4,7-8H2,1-3H3,(H,19,20,21). The summed E-state index contributed by atoms with van der Waals surface area (Å²) in [6, 6.07) is 5.34. The minimum Gasteiger partial charge on any atom is -0.488 e. The molecule has 2 amide bonds. The summed E-state index contributed by atoms with van der Waals surface area (Å²) in [6.45, 7) is 5.83. The summed E-state index contributed by atoms with van der Waals surface area (Å²) in [7, 11) is 0. The zero-order valence-corrected chi connectivity index (χ0v) is 14.0. The van der Waals surface area contributed by atoms with Crippen LogP contribution in [0, 0.1) is 5.92 Å². The number of hydrogen-bond donors (Lipinski definition) is 1. The van der Waals surface area contributed by atoms with Gasteiger partial charge in [-0.2, -0.15) is 0 Å². The van der Waals surface area contributed by atoms with E-state index in [4.69, 9.17) is 9.47 Å². The summed E-state index contributed by atoms with van der Waals surface area (Å²) in [5.41, 5.74) is 0.425. The number of esters is 1. The van der Waals surface area contributed by atoms with Gasteiger partial charge in [-0.15, -0.1) is 0 Å². The molecule has 0 aromatic heterocycles. The lowest BCUT2D eigenvalue weighted by Crippen LogP contribution is -2.41. The average molecular weight is 331 g/mol. The van der Waals surface area contributed by atoms with Crippen LogP contribution in [0.15, 0.2) is 18.2 Å². The number of carbonyl (C=O) groups is 3. The Morgan fingerprint density at radius 2 is 2.00 bits per heavy atom. The molecule has 2 aliphatic rings. The smallest absolute Gasteiger partial charge is 0.318 e.